The highest BCUT2D eigenvalue weighted by Gasteiger charge is 2.33. The average molecular weight is 293 g/mol. The van der Waals surface area contributed by atoms with Gasteiger partial charge in [-0.05, 0) is 31.2 Å². The fraction of sp³-hybridized carbons (Fsp3) is 0.154. The van der Waals surface area contributed by atoms with Gasteiger partial charge in [0.15, 0.2) is 5.65 Å². The summed E-state index contributed by atoms with van der Waals surface area (Å²) in [4.78, 5) is 11.8. The van der Waals surface area contributed by atoms with Crippen LogP contribution in [-0.2, 0) is 6.18 Å². The standard InChI is InChI=1S/C13H10F3N5/c1-7-2-3-8(6-18-7)21-11-9(19-12(21)17)4-5-10(20-11)13(14,15)16/h2-6H,1H3,(H2,17,19). The van der Waals surface area contributed by atoms with Crippen LogP contribution in [0.5, 0.6) is 0 Å². The Morgan fingerprint density at radius 1 is 1.10 bits per heavy atom. The molecule has 0 spiro atoms. The van der Waals surface area contributed by atoms with E-state index in [1.807, 2.05) is 0 Å². The molecule has 0 radical (unpaired) electrons. The van der Waals surface area contributed by atoms with Crippen molar-refractivity contribution >= 4 is 17.1 Å². The SMILES string of the molecule is Cc1ccc(-n2c(N)nc3ccc(C(F)(F)F)nc32)cn1. The lowest BCUT2D eigenvalue weighted by Crippen LogP contribution is -2.09. The van der Waals surface area contributed by atoms with Crippen molar-refractivity contribution in [2.24, 2.45) is 0 Å². The summed E-state index contributed by atoms with van der Waals surface area (Å²) in [5.74, 6) is 0.0578. The van der Waals surface area contributed by atoms with Crippen LogP contribution in [0, 0.1) is 6.92 Å². The monoisotopic (exact) mass is 293 g/mol. The molecular weight excluding hydrogens is 283 g/mol. The summed E-state index contributed by atoms with van der Waals surface area (Å²) in [6.07, 6.45) is -3.02. The van der Waals surface area contributed by atoms with E-state index in [1.165, 1.54) is 16.8 Å². The molecule has 0 aliphatic carbocycles. The fourth-order valence-corrected chi connectivity index (χ4v) is 1.98. The molecule has 0 amide bonds. The van der Waals surface area contributed by atoms with E-state index in [0.717, 1.165) is 11.8 Å². The van der Waals surface area contributed by atoms with E-state index >= 15 is 0 Å². The largest absolute Gasteiger partial charge is 0.433 e. The van der Waals surface area contributed by atoms with E-state index in [2.05, 4.69) is 15.0 Å². The van der Waals surface area contributed by atoms with E-state index in [-0.39, 0.29) is 11.6 Å². The number of nitrogen functional groups attached to an aromatic ring is 1. The second kappa shape index (κ2) is 4.44. The van der Waals surface area contributed by atoms with Gasteiger partial charge in [-0.15, -0.1) is 0 Å². The summed E-state index contributed by atoms with van der Waals surface area (Å²) in [5.41, 5.74) is 6.43. The highest BCUT2D eigenvalue weighted by atomic mass is 19.4. The van der Waals surface area contributed by atoms with Crippen molar-refractivity contribution < 1.29 is 13.2 Å². The van der Waals surface area contributed by atoms with Crippen LogP contribution in [0.3, 0.4) is 0 Å². The molecule has 0 aliphatic rings. The zero-order valence-corrected chi connectivity index (χ0v) is 10.9. The van der Waals surface area contributed by atoms with E-state index in [0.29, 0.717) is 11.2 Å². The first kappa shape index (κ1) is 13.3. The van der Waals surface area contributed by atoms with Crippen molar-refractivity contribution in [3.8, 4) is 5.69 Å². The molecule has 5 nitrogen and oxygen atoms in total. The Kier molecular flexibility index (Phi) is 2.82. The van der Waals surface area contributed by atoms with Gasteiger partial charge in [0, 0.05) is 5.69 Å². The molecule has 0 unspecified atom stereocenters. The van der Waals surface area contributed by atoms with Crippen LogP contribution in [-0.4, -0.2) is 19.5 Å². The number of alkyl halides is 3. The predicted octanol–water partition coefficient (Wildman–Crippen LogP) is 2.72. The maximum Gasteiger partial charge on any atom is 0.433 e. The number of aryl methyl sites for hydroxylation is 1. The van der Waals surface area contributed by atoms with Crippen LogP contribution in [0.2, 0.25) is 0 Å². The molecule has 0 saturated heterocycles. The van der Waals surface area contributed by atoms with Crippen molar-refractivity contribution in [3.05, 3.63) is 41.9 Å². The number of nitrogens with two attached hydrogens (primary N) is 1. The van der Waals surface area contributed by atoms with Gasteiger partial charge < -0.3 is 5.73 Å². The molecule has 108 valence electrons. The number of halogens is 3. The van der Waals surface area contributed by atoms with Crippen molar-refractivity contribution in [3.63, 3.8) is 0 Å². The predicted molar refractivity (Wildman–Crippen MR) is 70.8 cm³/mol. The number of aromatic nitrogens is 4. The van der Waals surface area contributed by atoms with Crippen LogP contribution < -0.4 is 5.73 Å². The van der Waals surface area contributed by atoms with E-state index in [9.17, 15) is 13.2 Å². The molecule has 3 aromatic heterocycles. The lowest BCUT2D eigenvalue weighted by molar-refractivity contribution is -0.141. The fourth-order valence-electron chi connectivity index (χ4n) is 1.98. The van der Waals surface area contributed by atoms with E-state index in [1.54, 1.807) is 19.1 Å². The molecule has 8 heteroatoms. The third kappa shape index (κ3) is 2.28. The van der Waals surface area contributed by atoms with Crippen LogP contribution in [0.25, 0.3) is 16.9 Å². The van der Waals surface area contributed by atoms with Crippen LogP contribution >= 0.6 is 0 Å². The topological polar surface area (TPSA) is 69.6 Å². The van der Waals surface area contributed by atoms with Crippen molar-refractivity contribution in [2.45, 2.75) is 13.1 Å². The van der Waals surface area contributed by atoms with E-state index < -0.39 is 11.9 Å². The molecule has 0 saturated carbocycles. The minimum absolute atomic E-state index is 0.0491. The number of anilines is 1. The van der Waals surface area contributed by atoms with Gasteiger partial charge in [0.25, 0.3) is 0 Å². The molecule has 0 fully saturated rings. The molecule has 0 aromatic carbocycles. The summed E-state index contributed by atoms with van der Waals surface area (Å²) >= 11 is 0. The van der Waals surface area contributed by atoms with Gasteiger partial charge in [-0.2, -0.15) is 13.2 Å². The minimum atomic E-state index is -4.52. The number of rotatable bonds is 1. The summed E-state index contributed by atoms with van der Waals surface area (Å²) in [5, 5.41) is 0. The third-order valence-electron chi connectivity index (χ3n) is 2.97. The number of fused-ring (bicyclic) bond motifs is 1. The Morgan fingerprint density at radius 2 is 1.86 bits per heavy atom. The normalized spacial score (nSPS) is 12.0. The maximum atomic E-state index is 12.8. The van der Waals surface area contributed by atoms with Crippen LogP contribution in [0.15, 0.2) is 30.5 Å². The number of pyridine rings is 2. The number of hydrogen-bond donors (Lipinski definition) is 1. The molecule has 3 aromatic rings. The summed E-state index contributed by atoms with van der Waals surface area (Å²) in [6, 6.07) is 5.56. The smallest absolute Gasteiger partial charge is 0.369 e. The van der Waals surface area contributed by atoms with Crippen LogP contribution in [0.4, 0.5) is 19.1 Å². The molecule has 2 N–H and O–H groups in total. The van der Waals surface area contributed by atoms with Crippen molar-refractivity contribution in [1.29, 1.82) is 0 Å². The molecule has 0 bridgehead atoms. The third-order valence-corrected chi connectivity index (χ3v) is 2.97. The molecule has 3 heterocycles. The lowest BCUT2D eigenvalue weighted by atomic mass is 10.3. The second-order valence-corrected chi connectivity index (χ2v) is 4.50. The summed E-state index contributed by atoms with van der Waals surface area (Å²) in [6.45, 7) is 1.80. The zero-order chi connectivity index (χ0) is 15.2. The average Bonchev–Trinajstić information content (AvgIpc) is 2.74. The van der Waals surface area contributed by atoms with Gasteiger partial charge in [0.05, 0.1) is 11.9 Å². The van der Waals surface area contributed by atoms with Gasteiger partial charge >= 0.3 is 6.18 Å². The zero-order valence-electron chi connectivity index (χ0n) is 10.9. The number of imidazole rings is 1. The van der Waals surface area contributed by atoms with Gasteiger partial charge in [-0.1, -0.05) is 0 Å². The Labute approximate surface area is 117 Å². The summed E-state index contributed by atoms with van der Waals surface area (Å²) in [7, 11) is 0. The van der Waals surface area contributed by atoms with Gasteiger partial charge in [0.2, 0.25) is 5.95 Å². The minimum Gasteiger partial charge on any atom is -0.369 e. The first-order valence-electron chi connectivity index (χ1n) is 6.01. The Balaban J connectivity index is 2.26. The van der Waals surface area contributed by atoms with Gasteiger partial charge in [-0.25, -0.2) is 9.97 Å². The van der Waals surface area contributed by atoms with Crippen LogP contribution in [0.1, 0.15) is 11.4 Å². The van der Waals surface area contributed by atoms with E-state index in [4.69, 9.17) is 5.73 Å². The van der Waals surface area contributed by atoms with Gasteiger partial charge in [-0.3, -0.25) is 9.55 Å². The van der Waals surface area contributed by atoms with Crippen molar-refractivity contribution in [1.82, 2.24) is 19.5 Å². The molecular formula is C13H10F3N5. The molecule has 21 heavy (non-hydrogen) atoms. The highest BCUT2D eigenvalue weighted by Crippen LogP contribution is 2.30. The lowest BCUT2D eigenvalue weighted by Gasteiger charge is -2.08. The van der Waals surface area contributed by atoms with Crippen molar-refractivity contribution in [2.75, 3.05) is 5.73 Å². The summed E-state index contributed by atoms with van der Waals surface area (Å²) < 4.78 is 39.7. The molecule has 0 aliphatic heterocycles. The molecule has 3 rings (SSSR count). The highest BCUT2D eigenvalue weighted by molar-refractivity contribution is 5.77. The number of hydrogen-bond acceptors (Lipinski definition) is 4. The Hall–Kier alpha value is -2.64. The Morgan fingerprint density at radius 3 is 2.48 bits per heavy atom. The Bertz CT molecular complexity index is 805. The molecule has 0 atom stereocenters. The first-order valence-corrected chi connectivity index (χ1v) is 6.01. The first-order chi connectivity index (χ1) is 9.86. The quantitative estimate of drug-likeness (QED) is 0.749. The van der Waals surface area contributed by atoms with Gasteiger partial charge in [0.1, 0.15) is 11.2 Å². The number of nitrogens with zero attached hydrogens (tertiary/aromatic N) is 4. The maximum absolute atomic E-state index is 12.8. The second-order valence-electron chi connectivity index (χ2n) is 4.50.